The van der Waals surface area contributed by atoms with Crippen molar-refractivity contribution in [3.8, 4) is 17.3 Å². The van der Waals surface area contributed by atoms with Crippen molar-refractivity contribution < 1.29 is 4.79 Å². The van der Waals surface area contributed by atoms with Crippen molar-refractivity contribution in [2.45, 2.75) is 13.8 Å². The van der Waals surface area contributed by atoms with Gasteiger partial charge in [0.15, 0.2) is 5.13 Å². The van der Waals surface area contributed by atoms with Crippen molar-refractivity contribution in [2.24, 2.45) is 0 Å². The molecule has 2 aromatic carbocycles. The van der Waals surface area contributed by atoms with Crippen molar-refractivity contribution in [3.63, 3.8) is 0 Å². The van der Waals surface area contributed by atoms with E-state index in [1.54, 1.807) is 12.1 Å². The second kappa shape index (κ2) is 6.65. The Hall–Kier alpha value is -2.97. The highest BCUT2D eigenvalue weighted by Gasteiger charge is 2.10. The molecule has 3 aromatic rings. The van der Waals surface area contributed by atoms with Crippen LogP contribution in [0.1, 0.15) is 27.0 Å². The van der Waals surface area contributed by atoms with Crippen LogP contribution in [-0.4, -0.2) is 10.9 Å². The Labute approximate surface area is 144 Å². The largest absolute Gasteiger partial charge is 0.298 e. The molecule has 0 unspecified atom stereocenters. The van der Waals surface area contributed by atoms with E-state index in [2.05, 4.69) is 16.4 Å². The zero-order chi connectivity index (χ0) is 17.1. The first-order chi connectivity index (χ1) is 11.6. The van der Waals surface area contributed by atoms with Crippen LogP contribution >= 0.6 is 11.3 Å². The third-order valence-electron chi connectivity index (χ3n) is 3.80. The van der Waals surface area contributed by atoms with E-state index < -0.39 is 0 Å². The fourth-order valence-corrected chi connectivity index (χ4v) is 2.95. The van der Waals surface area contributed by atoms with Gasteiger partial charge < -0.3 is 0 Å². The molecule has 0 bridgehead atoms. The van der Waals surface area contributed by atoms with E-state index in [1.165, 1.54) is 11.3 Å². The van der Waals surface area contributed by atoms with Crippen LogP contribution in [0.4, 0.5) is 5.13 Å². The number of nitrogens with one attached hydrogen (secondary N) is 1. The van der Waals surface area contributed by atoms with Crippen molar-refractivity contribution >= 4 is 22.4 Å². The summed E-state index contributed by atoms with van der Waals surface area (Å²) < 4.78 is 0. The topological polar surface area (TPSA) is 65.8 Å². The lowest BCUT2D eigenvalue weighted by Crippen LogP contribution is -2.12. The van der Waals surface area contributed by atoms with Crippen LogP contribution < -0.4 is 5.32 Å². The predicted molar refractivity (Wildman–Crippen MR) is 96.1 cm³/mol. The number of aromatic nitrogens is 1. The average Bonchev–Trinajstić information content (AvgIpc) is 3.06. The molecular formula is C19H15N3OS. The van der Waals surface area contributed by atoms with Crippen LogP contribution in [0.3, 0.4) is 0 Å². The molecule has 0 saturated heterocycles. The van der Waals surface area contributed by atoms with Gasteiger partial charge in [0.1, 0.15) is 0 Å². The number of rotatable bonds is 3. The summed E-state index contributed by atoms with van der Waals surface area (Å²) >= 11 is 1.38. The van der Waals surface area contributed by atoms with Gasteiger partial charge in [-0.2, -0.15) is 5.26 Å². The fourth-order valence-electron chi connectivity index (χ4n) is 2.23. The second-order valence-electron chi connectivity index (χ2n) is 5.48. The maximum Gasteiger partial charge on any atom is 0.257 e. The predicted octanol–water partition coefficient (Wildman–Crippen LogP) is 4.55. The molecule has 24 heavy (non-hydrogen) atoms. The van der Waals surface area contributed by atoms with E-state index in [1.807, 2.05) is 49.6 Å². The smallest absolute Gasteiger partial charge is 0.257 e. The number of hydrogen-bond donors (Lipinski definition) is 1. The standard InChI is InChI=1S/C19H15N3OS/c1-12-3-6-16(9-13(12)2)18(23)22-19-21-17(11-24-19)15-7-4-14(10-20)5-8-15/h3-9,11H,1-2H3,(H,21,22,23). The summed E-state index contributed by atoms with van der Waals surface area (Å²) in [5, 5.41) is 14.1. The molecule has 0 aliphatic carbocycles. The number of aryl methyl sites for hydroxylation is 2. The molecule has 0 aliphatic heterocycles. The Balaban J connectivity index is 1.76. The summed E-state index contributed by atoms with van der Waals surface area (Å²) in [6.45, 7) is 4.00. The third kappa shape index (κ3) is 3.34. The van der Waals surface area contributed by atoms with Gasteiger partial charge in [-0.1, -0.05) is 18.2 Å². The van der Waals surface area contributed by atoms with E-state index in [-0.39, 0.29) is 5.91 Å². The Morgan fingerprint density at radius 3 is 2.54 bits per heavy atom. The molecule has 1 heterocycles. The highest BCUT2D eigenvalue weighted by Crippen LogP contribution is 2.25. The normalized spacial score (nSPS) is 10.2. The van der Waals surface area contributed by atoms with Crippen LogP contribution in [0.25, 0.3) is 11.3 Å². The highest BCUT2D eigenvalue weighted by molar-refractivity contribution is 7.14. The van der Waals surface area contributed by atoms with Crippen LogP contribution in [-0.2, 0) is 0 Å². The summed E-state index contributed by atoms with van der Waals surface area (Å²) in [5.74, 6) is -0.168. The number of hydrogen-bond acceptors (Lipinski definition) is 4. The summed E-state index contributed by atoms with van der Waals surface area (Å²) in [7, 11) is 0. The first-order valence-corrected chi connectivity index (χ1v) is 8.29. The van der Waals surface area contributed by atoms with Gasteiger partial charge in [-0.3, -0.25) is 10.1 Å². The van der Waals surface area contributed by atoms with Crippen molar-refractivity contribution in [1.82, 2.24) is 4.98 Å². The van der Waals surface area contributed by atoms with E-state index in [9.17, 15) is 4.79 Å². The lowest BCUT2D eigenvalue weighted by molar-refractivity contribution is 0.102. The lowest BCUT2D eigenvalue weighted by Gasteiger charge is -2.05. The average molecular weight is 333 g/mol. The maximum atomic E-state index is 12.3. The van der Waals surface area contributed by atoms with E-state index in [4.69, 9.17) is 5.26 Å². The Morgan fingerprint density at radius 1 is 1.12 bits per heavy atom. The SMILES string of the molecule is Cc1ccc(C(=O)Nc2nc(-c3ccc(C#N)cc3)cs2)cc1C. The molecule has 1 amide bonds. The lowest BCUT2D eigenvalue weighted by atomic mass is 10.1. The van der Waals surface area contributed by atoms with Gasteiger partial charge in [-0.25, -0.2) is 4.98 Å². The highest BCUT2D eigenvalue weighted by atomic mass is 32.1. The number of nitriles is 1. The molecule has 1 aromatic heterocycles. The second-order valence-corrected chi connectivity index (χ2v) is 6.34. The number of nitrogens with zero attached hydrogens (tertiary/aromatic N) is 2. The van der Waals surface area contributed by atoms with Crippen molar-refractivity contribution in [3.05, 3.63) is 70.1 Å². The molecule has 0 aliphatic rings. The number of anilines is 1. The Bertz CT molecular complexity index is 936. The molecule has 3 rings (SSSR count). The number of amides is 1. The summed E-state index contributed by atoms with van der Waals surface area (Å²) in [6.07, 6.45) is 0. The molecule has 0 spiro atoms. The zero-order valence-corrected chi connectivity index (χ0v) is 14.1. The van der Waals surface area contributed by atoms with E-state index in [0.717, 1.165) is 22.4 Å². The van der Waals surface area contributed by atoms with E-state index >= 15 is 0 Å². The summed E-state index contributed by atoms with van der Waals surface area (Å²) in [4.78, 5) is 16.8. The van der Waals surface area contributed by atoms with Gasteiger partial charge in [0.2, 0.25) is 0 Å². The van der Waals surface area contributed by atoms with Crippen LogP contribution in [0.5, 0.6) is 0 Å². The monoisotopic (exact) mass is 333 g/mol. The Kier molecular flexibility index (Phi) is 4.41. The van der Waals surface area contributed by atoms with Gasteiger partial charge in [-0.15, -0.1) is 11.3 Å². The molecule has 0 saturated carbocycles. The molecule has 1 N–H and O–H groups in total. The number of thiazole rings is 1. The Morgan fingerprint density at radius 2 is 1.88 bits per heavy atom. The van der Waals surface area contributed by atoms with Gasteiger partial charge in [0.05, 0.1) is 17.3 Å². The first-order valence-electron chi connectivity index (χ1n) is 7.41. The van der Waals surface area contributed by atoms with Gasteiger partial charge in [0.25, 0.3) is 5.91 Å². The zero-order valence-electron chi connectivity index (χ0n) is 13.3. The number of carbonyl (C=O) groups excluding carboxylic acids is 1. The van der Waals surface area contributed by atoms with Crippen molar-refractivity contribution in [1.29, 1.82) is 5.26 Å². The number of carbonyl (C=O) groups is 1. The quantitative estimate of drug-likeness (QED) is 0.764. The van der Waals surface area contributed by atoms with Gasteiger partial charge in [0, 0.05) is 16.5 Å². The minimum Gasteiger partial charge on any atom is -0.298 e. The molecular weight excluding hydrogens is 318 g/mol. The number of benzene rings is 2. The van der Waals surface area contributed by atoms with Gasteiger partial charge in [-0.05, 0) is 49.2 Å². The maximum absolute atomic E-state index is 12.3. The summed E-state index contributed by atoms with van der Waals surface area (Å²) in [6, 6.07) is 14.9. The molecule has 0 fully saturated rings. The molecule has 4 nitrogen and oxygen atoms in total. The minimum atomic E-state index is -0.168. The fraction of sp³-hybridized carbons (Fsp3) is 0.105. The molecule has 0 radical (unpaired) electrons. The van der Waals surface area contributed by atoms with Crippen LogP contribution in [0.2, 0.25) is 0 Å². The van der Waals surface area contributed by atoms with Gasteiger partial charge >= 0.3 is 0 Å². The third-order valence-corrected chi connectivity index (χ3v) is 4.56. The first kappa shape index (κ1) is 15.9. The molecule has 0 atom stereocenters. The minimum absolute atomic E-state index is 0.168. The van der Waals surface area contributed by atoms with Crippen molar-refractivity contribution in [2.75, 3.05) is 5.32 Å². The molecule has 118 valence electrons. The van der Waals surface area contributed by atoms with Crippen LogP contribution in [0.15, 0.2) is 47.8 Å². The van der Waals surface area contributed by atoms with Crippen LogP contribution in [0, 0.1) is 25.2 Å². The molecule has 5 heteroatoms. The summed E-state index contributed by atoms with van der Waals surface area (Å²) in [5.41, 5.74) is 5.16. The van der Waals surface area contributed by atoms with E-state index in [0.29, 0.717) is 16.3 Å².